The molecule has 0 amide bonds. The van der Waals surface area contributed by atoms with Gasteiger partial charge in [-0.1, -0.05) is 19.1 Å². The fourth-order valence-electron chi connectivity index (χ4n) is 2.62. The van der Waals surface area contributed by atoms with Crippen molar-refractivity contribution in [1.29, 1.82) is 0 Å². The minimum atomic E-state index is -0.193. The summed E-state index contributed by atoms with van der Waals surface area (Å²) in [6.45, 7) is 9.63. The van der Waals surface area contributed by atoms with E-state index in [9.17, 15) is 9.59 Å². The molecule has 1 saturated carbocycles. The van der Waals surface area contributed by atoms with Gasteiger partial charge < -0.3 is 4.79 Å². The van der Waals surface area contributed by atoms with E-state index in [-0.39, 0.29) is 11.2 Å². The molecule has 0 spiro atoms. The van der Waals surface area contributed by atoms with Crippen molar-refractivity contribution in [2.75, 3.05) is 0 Å². The van der Waals surface area contributed by atoms with Gasteiger partial charge in [-0.15, -0.1) is 0 Å². The molecule has 96 valence electrons. The molecule has 0 aromatic rings. The third-order valence-electron chi connectivity index (χ3n) is 4.10. The summed E-state index contributed by atoms with van der Waals surface area (Å²) in [6, 6.07) is 0. The molecule has 0 heterocycles. The van der Waals surface area contributed by atoms with Gasteiger partial charge in [-0.3, -0.25) is 4.79 Å². The molecule has 0 radical (unpaired) electrons. The second kappa shape index (κ2) is 5.61. The lowest BCUT2D eigenvalue weighted by Crippen LogP contribution is -2.35. The molecule has 2 heteroatoms. The van der Waals surface area contributed by atoms with Crippen LogP contribution in [0.1, 0.15) is 59.3 Å². The van der Waals surface area contributed by atoms with Crippen LogP contribution in [-0.4, -0.2) is 11.6 Å². The molecule has 2 atom stereocenters. The van der Waals surface area contributed by atoms with Gasteiger partial charge in [0.25, 0.3) is 0 Å². The highest BCUT2D eigenvalue weighted by Crippen LogP contribution is 2.41. The van der Waals surface area contributed by atoms with Crippen molar-refractivity contribution in [3.63, 3.8) is 0 Å². The quantitative estimate of drug-likeness (QED) is 0.682. The van der Waals surface area contributed by atoms with Crippen molar-refractivity contribution >= 4 is 11.6 Å². The predicted octanol–water partition coefficient (Wildman–Crippen LogP) is 3.70. The van der Waals surface area contributed by atoms with Crippen LogP contribution in [0.4, 0.5) is 0 Å². The molecule has 0 saturated heterocycles. The van der Waals surface area contributed by atoms with Crippen LogP contribution in [0.15, 0.2) is 12.2 Å². The third-order valence-corrected chi connectivity index (χ3v) is 4.10. The van der Waals surface area contributed by atoms with Crippen molar-refractivity contribution in [3.05, 3.63) is 12.2 Å². The average Bonchev–Trinajstić information content (AvgIpc) is 2.21. The monoisotopic (exact) mass is 236 g/mol. The van der Waals surface area contributed by atoms with Crippen LogP contribution in [0.5, 0.6) is 0 Å². The first-order valence-electron chi connectivity index (χ1n) is 6.53. The highest BCUT2D eigenvalue weighted by molar-refractivity contribution is 5.85. The molecular formula is C15H24O2. The maximum Gasteiger partial charge on any atom is 0.139 e. The maximum atomic E-state index is 12.2. The number of hydrogen-bond donors (Lipinski definition) is 0. The van der Waals surface area contributed by atoms with E-state index < -0.39 is 0 Å². The lowest BCUT2D eigenvalue weighted by atomic mass is 9.67. The van der Waals surface area contributed by atoms with Crippen LogP contribution in [0.25, 0.3) is 0 Å². The Morgan fingerprint density at radius 1 is 1.47 bits per heavy atom. The Morgan fingerprint density at radius 2 is 2.12 bits per heavy atom. The van der Waals surface area contributed by atoms with E-state index in [0.29, 0.717) is 24.5 Å². The zero-order valence-corrected chi connectivity index (χ0v) is 11.3. The van der Waals surface area contributed by atoms with Crippen molar-refractivity contribution in [2.24, 2.45) is 11.3 Å². The molecular weight excluding hydrogens is 212 g/mol. The zero-order valence-electron chi connectivity index (χ0n) is 11.3. The SMILES string of the molecule is C=C(C)C1CCC(C)(CCCC(C)=O)C(=O)C1. The second-order valence-corrected chi connectivity index (χ2v) is 5.83. The Kier molecular flexibility index (Phi) is 4.67. The normalized spacial score (nSPS) is 29.1. The van der Waals surface area contributed by atoms with Crippen LogP contribution in [-0.2, 0) is 9.59 Å². The summed E-state index contributed by atoms with van der Waals surface area (Å²) in [5.41, 5.74) is 0.936. The topological polar surface area (TPSA) is 34.1 Å². The van der Waals surface area contributed by atoms with E-state index >= 15 is 0 Å². The summed E-state index contributed by atoms with van der Waals surface area (Å²) in [4.78, 5) is 23.1. The lowest BCUT2D eigenvalue weighted by molar-refractivity contribution is -0.132. The number of ketones is 2. The maximum absolute atomic E-state index is 12.2. The van der Waals surface area contributed by atoms with Gasteiger partial charge >= 0.3 is 0 Å². The number of rotatable bonds is 5. The lowest BCUT2D eigenvalue weighted by Gasteiger charge is -2.36. The number of Topliss-reactive ketones (excluding diaryl/α,β-unsaturated/α-hetero) is 2. The Morgan fingerprint density at radius 3 is 2.59 bits per heavy atom. The molecule has 0 aliphatic heterocycles. The molecule has 17 heavy (non-hydrogen) atoms. The smallest absolute Gasteiger partial charge is 0.139 e. The Hall–Kier alpha value is -0.920. The fraction of sp³-hybridized carbons (Fsp3) is 0.733. The Bertz CT molecular complexity index is 326. The van der Waals surface area contributed by atoms with E-state index in [1.54, 1.807) is 6.92 Å². The summed E-state index contributed by atoms with van der Waals surface area (Å²) in [6.07, 6.45) is 4.96. The van der Waals surface area contributed by atoms with Gasteiger partial charge in [0.2, 0.25) is 0 Å². The van der Waals surface area contributed by atoms with E-state index in [2.05, 4.69) is 13.5 Å². The van der Waals surface area contributed by atoms with E-state index in [1.807, 2.05) is 6.92 Å². The molecule has 1 aliphatic carbocycles. The van der Waals surface area contributed by atoms with Gasteiger partial charge in [0.05, 0.1) is 0 Å². The summed E-state index contributed by atoms with van der Waals surface area (Å²) >= 11 is 0. The van der Waals surface area contributed by atoms with Gasteiger partial charge in [0.15, 0.2) is 0 Å². The summed E-state index contributed by atoms with van der Waals surface area (Å²) in [5.74, 6) is 0.959. The van der Waals surface area contributed by atoms with Gasteiger partial charge in [-0.25, -0.2) is 0 Å². The zero-order chi connectivity index (χ0) is 13.1. The van der Waals surface area contributed by atoms with Crippen LogP contribution < -0.4 is 0 Å². The van der Waals surface area contributed by atoms with Crippen molar-refractivity contribution < 1.29 is 9.59 Å². The Labute approximate surface area is 104 Å². The summed E-state index contributed by atoms with van der Waals surface area (Å²) in [5, 5.41) is 0. The number of allylic oxidation sites excluding steroid dienone is 1. The molecule has 0 aromatic carbocycles. The van der Waals surface area contributed by atoms with Gasteiger partial charge in [-0.05, 0) is 45.4 Å². The van der Waals surface area contributed by atoms with Crippen LogP contribution >= 0.6 is 0 Å². The highest BCUT2D eigenvalue weighted by Gasteiger charge is 2.38. The van der Waals surface area contributed by atoms with Crippen molar-refractivity contribution in [2.45, 2.75) is 59.3 Å². The molecule has 0 N–H and O–H groups in total. The summed E-state index contributed by atoms with van der Waals surface area (Å²) in [7, 11) is 0. The predicted molar refractivity (Wildman–Crippen MR) is 69.8 cm³/mol. The largest absolute Gasteiger partial charge is 0.300 e. The fourth-order valence-corrected chi connectivity index (χ4v) is 2.62. The molecule has 1 rings (SSSR count). The van der Waals surface area contributed by atoms with Gasteiger partial charge in [-0.2, -0.15) is 0 Å². The minimum Gasteiger partial charge on any atom is -0.300 e. The first-order valence-corrected chi connectivity index (χ1v) is 6.53. The molecule has 0 aromatic heterocycles. The first kappa shape index (κ1) is 14.1. The van der Waals surface area contributed by atoms with Crippen LogP contribution in [0.2, 0.25) is 0 Å². The molecule has 2 nitrogen and oxygen atoms in total. The standard InChI is InChI=1S/C15H24O2/c1-11(2)13-7-9-15(4,14(17)10-13)8-5-6-12(3)16/h13H,1,5-10H2,2-4H3. The molecule has 2 unspecified atom stereocenters. The van der Waals surface area contributed by atoms with Crippen molar-refractivity contribution in [1.82, 2.24) is 0 Å². The molecule has 1 aliphatic rings. The minimum absolute atomic E-state index is 0.193. The second-order valence-electron chi connectivity index (χ2n) is 5.83. The van der Waals surface area contributed by atoms with E-state index in [4.69, 9.17) is 0 Å². The van der Waals surface area contributed by atoms with E-state index in [0.717, 1.165) is 31.3 Å². The molecule has 1 fully saturated rings. The summed E-state index contributed by atoms with van der Waals surface area (Å²) < 4.78 is 0. The van der Waals surface area contributed by atoms with E-state index in [1.165, 1.54) is 0 Å². The van der Waals surface area contributed by atoms with Crippen LogP contribution in [0, 0.1) is 11.3 Å². The average molecular weight is 236 g/mol. The number of carbonyl (C=O) groups is 2. The Balaban J connectivity index is 2.51. The van der Waals surface area contributed by atoms with Crippen LogP contribution in [0.3, 0.4) is 0 Å². The first-order chi connectivity index (χ1) is 7.85. The van der Waals surface area contributed by atoms with Gasteiger partial charge in [0.1, 0.15) is 11.6 Å². The molecule has 0 bridgehead atoms. The van der Waals surface area contributed by atoms with Gasteiger partial charge in [0, 0.05) is 18.3 Å². The number of hydrogen-bond acceptors (Lipinski definition) is 2. The highest BCUT2D eigenvalue weighted by atomic mass is 16.1. The third kappa shape index (κ3) is 3.79. The number of carbonyl (C=O) groups excluding carboxylic acids is 2. The van der Waals surface area contributed by atoms with Crippen molar-refractivity contribution in [3.8, 4) is 0 Å².